The molecule has 1 aromatic carbocycles. The Hall–Kier alpha value is 0.424. The van der Waals surface area contributed by atoms with Gasteiger partial charge in [0.2, 0.25) is 0 Å². The van der Waals surface area contributed by atoms with Crippen molar-refractivity contribution < 1.29 is 0 Å². The predicted octanol–water partition coefficient (Wildman–Crippen LogP) is 4.19. The van der Waals surface area contributed by atoms with Gasteiger partial charge in [0.15, 0.2) is 0 Å². The van der Waals surface area contributed by atoms with Gasteiger partial charge in [-0.05, 0) is 22.5 Å². The minimum absolute atomic E-state index is 0.958. The molecule has 0 aliphatic carbocycles. The Kier molecular flexibility index (Phi) is 4.16. The molecule has 0 saturated carbocycles. The Balaban J connectivity index is 3.40. The molecule has 4 heteroatoms. The van der Waals surface area contributed by atoms with Crippen molar-refractivity contribution in [2.45, 2.75) is 39.3 Å². The zero-order valence-corrected chi connectivity index (χ0v) is 15.3. The minimum atomic E-state index is -1.34. The number of halogens is 2. The zero-order chi connectivity index (χ0) is 12.7. The normalized spacial score (nSPS) is 13.0. The quantitative estimate of drug-likeness (QED) is 0.711. The second-order valence-corrected chi connectivity index (χ2v) is 17.7. The Morgan fingerprint density at radius 1 is 0.875 bits per heavy atom. The van der Waals surface area contributed by atoms with Crippen LogP contribution in [-0.4, -0.2) is 16.1 Å². The molecule has 0 radical (unpaired) electrons. The first-order valence-corrected chi connectivity index (χ1v) is 13.7. The van der Waals surface area contributed by atoms with Crippen LogP contribution in [0, 0.1) is 0 Å². The molecule has 0 nitrogen and oxygen atoms in total. The van der Waals surface area contributed by atoms with E-state index >= 15 is 0 Å². The maximum Gasteiger partial charge on any atom is 0.0796 e. The summed E-state index contributed by atoms with van der Waals surface area (Å²) in [6, 6.07) is 4.44. The summed E-state index contributed by atoms with van der Waals surface area (Å²) in [5.41, 5.74) is 0. The molecule has 0 aliphatic rings. The molecule has 0 amide bonds. The predicted molar refractivity (Wildman–Crippen MR) is 85.1 cm³/mol. The van der Waals surface area contributed by atoms with Gasteiger partial charge < -0.3 is 0 Å². The standard InChI is InChI=1S/C12H20BrClSi2/c1-15(2,3)11-8-10(14)12(7-9(11)13)16(4,5)6/h7-8H,1-6H3. The van der Waals surface area contributed by atoms with Gasteiger partial charge in [-0.25, -0.2) is 0 Å². The van der Waals surface area contributed by atoms with E-state index in [1.165, 1.54) is 14.8 Å². The average molecular weight is 336 g/mol. The molecular formula is C12H20BrClSi2. The molecule has 0 aliphatic heterocycles. The Morgan fingerprint density at radius 3 is 1.69 bits per heavy atom. The lowest BCUT2D eigenvalue weighted by Gasteiger charge is -2.24. The fourth-order valence-electron chi connectivity index (χ4n) is 1.70. The molecule has 1 aromatic rings. The van der Waals surface area contributed by atoms with E-state index in [0.29, 0.717) is 0 Å². The fraction of sp³-hybridized carbons (Fsp3) is 0.500. The molecule has 16 heavy (non-hydrogen) atoms. The minimum Gasteiger partial charge on any atom is -0.0845 e. The summed E-state index contributed by atoms with van der Waals surface area (Å²) in [4.78, 5) is 0. The summed E-state index contributed by atoms with van der Waals surface area (Å²) in [5.74, 6) is 0. The van der Waals surface area contributed by atoms with Crippen molar-refractivity contribution in [3.05, 3.63) is 21.6 Å². The van der Waals surface area contributed by atoms with Crippen molar-refractivity contribution in [3.8, 4) is 0 Å². The zero-order valence-electron chi connectivity index (χ0n) is 10.9. The van der Waals surface area contributed by atoms with E-state index in [1.54, 1.807) is 0 Å². The lowest BCUT2D eigenvalue weighted by molar-refractivity contribution is 1.63. The van der Waals surface area contributed by atoms with Crippen LogP contribution in [0.15, 0.2) is 16.6 Å². The number of benzene rings is 1. The van der Waals surface area contributed by atoms with E-state index < -0.39 is 16.1 Å². The van der Waals surface area contributed by atoms with E-state index in [-0.39, 0.29) is 0 Å². The summed E-state index contributed by atoms with van der Waals surface area (Å²) in [5, 5.41) is 3.72. The fourth-order valence-corrected chi connectivity index (χ4v) is 7.87. The first-order chi connectivity index (χ1) is 7.03. The SMILES string of the molecule is C[Si](C)(C)c1cc(Br)c([Si](C)(C)C)cc1Cl. The van der Waals surface area contributed by atoms with Crippen LogP contribution in [0.1, 0.15) is 0 Å². The van der Waals surface area contributed by atoms with Crippen molar-refractivity contribution >= 4 is 54.1 Å². The lowest BCUT2D eigenvalue weighted by atomic mass is 10.3. The van der Waals surface area contributed by atoms with Crippen molar-refractivity contribution in [1.29, 1.82) is 0 Å². The molecule has 0 spiro atoms. The molecule has 0 saturated heterocycles. The number of rotatable bonds is 2. The van der Waals surface area contributed by atoms with Crippen LogP contribution in [0.2, 0.25) is 44.3 Å². The molecular weight excluding hydrogens is 316 g/mol. The molecule has 1 rings (SSSR count). The van der Waals surface area contributed by atoms with Crippen LogP contribution in [-0.2, 0) is 0 Å². The summed E-state index contributed by atoms with van der Waals surface area (Å²) < 4.78 is 1.24. The summed E-state index contributed by atoms with van der Waals surface area (Å²) in [6.07, 6.45) is 0. The van der Waals surface area contributed by atoms with E-state index in [2.05, 4.69) is 67.3 Å². The Labute approximate surface area is 115 Å². The maximum absolute atomic E-state index is 6.43. The molecule has 0 bridgehead atoms. The third-order valence-electron chi connectivity index (χ3n) is 2.67. The van der Waals surface area contributed by atoms with Gasteiger partial charge in [0, 0.05) is 9.50 Å². The van der Waals surface area contributed by atoms with Gasteiger partial charge in [0.25, 0.3) is 0 Å². The number of hydrogen-bond acceptors (Lipinski definition) is 0. The molecule has 90 valence electrons. The second kappa shape index (κ2) is 4.60. The molecule has 0 aromatic heterocycles. The Bertz CT molecular complexity index is 363. The topological polar surface area (TPSA) is 0 Å². The van der Waals surface area contributed by atoms with E-state index in [9.17, 15) is 0 Å². The van der Waals surface area contributed by atoms with Crippen LogP contribution >= 0.6 is 27.5 Å². The van der Waals surface area contributed by atoms with Gasteiger partial charge in [-0.2, -0.15) is 0 Å². The molecule has 0 N–H and O–H groups in total. The molecule has 0 fully saturated rings. The highest BCUT2D eigenvalue weighted by atomic mass is 79.9. The highest BCUT2D eigenvalue weighted by Gasteiger charge is 2.25. The third kappa shape index (κ3) is 3.22. The monoisotopic (exact) mass is 334 g/mol. The van der Waals surface area contributed by atoms with Gasteiger partial charge in [-0.1, -0.05) is 66.8 Å². The molecule has 0 atom stereocenters. The van der Waals surface area contributed by atoms with Crippen molar-refractivity contribution in [3.63, 3.8) is 0 Å². The highest BCUT2D eigenvalue weighted by Crippen LogP contribution is 2.19. The van der Waals surface area contributed by atoms with Crippen LogP contribution < -0.4 is 10.4 Å². The van der Waals surface area contributed by atoms with Gasteiger partial charge in [0.05, 0.1) is 16.1 Å². The second-order valence-electron chi connectivity index (χ2n) is 6.31. The summed E-state index contributed by atoms with van der Waals surface area (Å²) in [7, 11) is -2.64. The van der Waals surface area contributed by atoms with E-state index in [0.717, 1.165) is 5.02 Å². The first-order valence-electron chi connectivity index (χ1n) is 5.53. The third-order valence-corrected chi connectivity index (χ3v) is 8.23. The summed E-state index contributed by atoms with van der Waals surface area (Å²) >= 11 is 10.1. The van der Waals surface area contributed by atoms with Crippen LogP contribution in [0.25, 0.3) is 0 Å². The lowest BCUT2D eigenvalue weighted by Crippen LogP contribution is -2.43. The Morgan fingerprint density at radius 2 is 1.31 bits per heavy atom. The molecule has 0 heterocycles. The average Bonchev–Trinajstić information content (AvgIpc) is 2.04. The van der Waals surface area contributed by atoms with Crippen LogP contribution in [0.5, 0.6) is 0 Å². The van der Waals surface area contributed by atoms with Crippen LogP contribution in [0.4, 0.5) is 0 Å². The highest BCUT2D eigenvalue weighted by molar-refractivity contribution is 9.10. The van der Waals surface area contributed by atoms with Crippen molar-refractivity contribution in [1.82, 2.24) is 0 Å². The smallest absolute Gasteiger partial charge is 0.0796 e. The van der Waals surface area contributed by atoms with E-state index in [1.807, 2.05) is 0 Å². The largest absolute Gasteiger partial charge is 0.0845 e. The maximum atomic E-state index is 6.43. The molecule has 0 unspecified atom stereocenters. The van der Waals surface area contributed by atoms with E-state index in [4.69, 9.17) is 11.6 Å². The van der Waals surface area contributed by atoms with Gasteiger partial charge >= 0.3 is 0 Å². The number of hydrogen-bond donors (Lipinski definition) is 0. The van der Waals surface area contributed by atoms with Crippen molar-refractivity contribution in [2.24, 2.45) is 0 Å². The van der Waals surface area contributed by atoms with Crippen molar-refractivity contribution in [2.75, 3.05) is 0 Å². The summed E-state index contributed by atoms with van der Waals surface area (Å²) in [6.45, 7) is 14.0. The van der Waals surface area contributed by atoms with Gasteiger partial charge in [-0.3, -0.25) is 0 Å². The van der Waals surface area contributed by atoms with Gasteiger partial charge in [0.1, 0.15) is 0 Å². The van der Waals surface area contributed by atoms with Gasteiger partial charge in [-0.15, -0.1) is 0 Å². The van der Waals surface area contributed by atoms with Crippen LogP contribution in [0.3, 0.4) is 0 Å². The first kappa shape index (κ1) is 14.5.